The van der Waals surface area contributed by atoms with Crippen molar-refractivity contribution in [1.82, 2.24) is 14.8 Å². The summed E-state index contributed by atoms with van der Waals surface area (Å²) in [6.07, 6.45) is 5.52. The van der Waals surface area contributed by atoms with E-state index in [0.717, 1.165) is 52.2 Å². The molecule has 2 saturated heterocycles. The van der Waals surface area contributed by atoms with E-state index in [-0.39, 0.29) is 18.1 Å². The predicted octanol–water partition coefficient (Wildman–Crippen LogP) is 0.921. The Hall–Kier alpha value is -1.50. The maximum atomic E-state index is 11.9. The highest BCUT2D eigenvalue weighted by Gasteiger charge is 2.40. The Labute approximate surface area is 137 Å². The van der Waals surface area contributed by atoms with Gasteiger partial charge in [0.15, 0.2) is 0 Å². The van der Waals surface area contributed by atoms with Crippen LogP contribution in [0.4, 0.5) is 0 Å². The van der Waals surface area contributed by atoms with E-state index in [0.29, 0.717) is 0 Å². The lowest BCUT2D eigenvalue weighted by molar-refractivity contribution is -0.153. The first kappa shape index (κ1) is 16.4. The molecule has 6 heteroatoms. The van der Waals surface area contributed by atoms with Crippen LogP contribution >= 0.6 is 0 Å². The molecular formula is C17H25N3O3. The van der Waals surface area contributed by atoms with Crippen molar-refractivity contribution in [3.8, 4) is 0 Å². The molecule has 1 aromatic rings. The van der Waals surface area contributed by atoms with Gasteiger partial charge in [-0.2, -0.15) is 0 Å². The van der Waals surface area contributed by atoms with Crippen LogP contribution in [0.15, 0.2) is 24.5 Å². The van der Waals surface area contributed by atoms with Crippen molar-refractivity contribution in [3.63, 3.8) is 0 Å². The van der Waals surface area contributed by atoms with Gasteiger partial charge in [-0.3, -0.25) is 14.7 Å². The third-order valence-corrected chi connectivity index (χ3v) is 4.75. The summed E-state index contributed by atoms with van der Waals surface area (Å²) in [7, 11) is 1.56. The SMILES string of the molecule is COCC(=O)N1CCC2(CC1)CN(Cc1cccnc1)CCO2. The summed E-state index contributed by atoms with van der Waals surface area (Å²) < 4.78 is 11.1. The molecule has 6 nitrogen and oxygen atoms in total. The van der Waals surface area contributed by atoms with E-state index in [2.05, 4.69) is 16.0 Å². The third kappa shape index (κ3) is 4.07. The molecule has 126 valence electrons. The molecule has 2 aliphatic heterocycles. The molecule has 0 unspecified atom stereocenters. The van der Waals surface area contributed by atoms with E-state index in [1.165, 1.54) is 5.56 Å². The standard InChI is InChI=1S/C17H25N3O3/c1-22-13-16(21)20-7-4-17(5-8-20)14-19(9-10-23-17)12-15-3-2-6-18-11-15/h2-3,6,11H,4-5,7-10,12-14H2,1H3. The van der Waals surface area contributed by atoms with Crippen LogP contribution in [0.25, 0.3) is 0 Å². The van der Waals surface area contributed by atoms with Crippen LogP contribution in [0.2, 0.25) is 0 Å². The van der Waals surface area contributed by atoms with Crippen molar-refractivity contribution in [2.45, 2.75) is 25.0 Å². The number of likely N-dealkylation sites (tertiary alicyclic amines) is 1. The lowest BCUT2D eigenvalue weighted by atomic mass is 9.89. The third-order valence-electron chi connectivity index (χ3n) is 4.75. The van der Waals surface area contributed by atoms with Gasteiger partial charge in [0.05, 0.1) is 12.2 Å². The van der Waals surface area contributed by atoms with Crippen LogP contribution in [-0.2, 0) is 20.8 Å². The van der Waals surface area contributed by atoms with Gasteiger partial charge in [0.25, 0.3) is 0 Å². The number of methoxy groups -OCH3 is 1. The van der Waals surface area contributed by atoms with Gasteiger partial charge in [-0.1, -0.05) is 6.07 Å². The van der Waals surface area contributed by atoms with Crippen LogP contribution in [0.3, 0.4) is 0 Å². The molecule has 0 N–H and O–H groups in total. The molecule has 1 aromatic heterocycles. The first-order valence-corrected chi connectivity index (χ1v) is 8.23. The summed E-state index contributed by atoms with van der Waals surface area (Å²) in [4.78, 5) is 20.4. The highest BCUT2D eigenvalue weighted by Crippen LogP contribution is 2.30. The van der Waals surface area contributed by atoms with Crippen molar-refractivity contribution >= 4 is 5.91 Å². The number of hydrogen-bond acceptors (Lipinski definition) is 5. The van der Waals surface area contributed by atoms with Crippen molar-refractivity contribution < 1.29 is 14.3 Å². The monoisotopic (exact) mass is 319 g/mol. The number of nitrogens with zero attached hydrogens (tertiary/aromatic N) is 3. The fourth-order valence-corrected chi connectivity index (χ4v) is 3.49. The summed E-state index contributed by atoms with van der Waals surface area (Å²) >= 11 is 0. The molecule has 2 aliphatic rings. The van der Waals surface area contributed by atoms with Crippen LogP contribution < -0.4 is 0 Å². The zero-order valence-corrected chi connectivity index (χ0v) is 13.7. The number of amides is 1. The molecule has 0 bridgehead atoms. The van der Waals surface area contributed by atoms with Crippen molar-refractivity contribution in [3.05, 3.63) is 30.1 Å². The summed E-state index contributed by atoms with van der Waals surface area (Å²) in [6, 6.07) is 4.09. The second-order valence-electron chi connectivity index (χ2n) is 6.42. The van der Waals surface area contributed by atoms with Gasteiger partial charge < -0.3 is 14.4 Å². The Kier molecular flexibility index (Phi) is 5.25. The van der Waals surface area contributed by atoms with Crippen molar-refractivity contribution in [2.75, 3.05) is 46.5 Å². The molecule has 3 heterocycles. The first-order chi connectivity index (χ1) is 11.2. The summed E-state index contributed by atoms with van der Waals surface area (Å²) in [5.41, 5.74) is 1.13. The van der Waals surface area contributed by atoms with Crippen molar-refractivity contribution in [2.24, 2.45) is 0 Å². The molecular weight excluding hydrogens is 294 g/mol. The largest absolute Gasteiger partial charge is 0.375 e. The number of rotatable bonds is 4. The molecule has 1 amide bonds. The van der Waals surface area contributed by atoms with E-state index in [9.17, 15) is 4.79 Å². The summed E-state index contributed by atoms with van der Waals surface area (Å²) in [5.74, 6) is 0.0744. The highest BCUT2D eigenvalue weighted by atomic mass is 16.5. The molecule has 0 saturated carbocycles. The molecule has 0 radical (unpaired) electrons. The maximum Gasteiger partial charge on any atom is 0.248 e. The second-order valence-corrected chi connectivity index (χ2v) is 6.42. The fraction of sp³-hybridized carbons (Fsp3) is 0.647. The Balaban J connectivity index is 1.55. The number of carbonyl (C=O) groups is 1. The number of aromatic nitrogens is 1. The van der Waals surface area contributed by atoms with Crippen LogP contribution in [-0.4, -0.2) is 72.8 Å². The van der Waals surface area contributed by atoms with Crippen LogP contribution in [0.1, 0.15) is 18.4 Å². The van der Waals surface area contributed by atoms with Gasteiger partial charge in [-0.25, -0.2) is 0 Å². The number of ether oxygens (including phenoxy) is 2. The minimum atomic E-state index is -0.107. The smallest absolute Gasteiger partial charge is 0.248 e. The van der Waals surface area contributed by atoms with E-state index in [1.807, 2.05) is 17.2 Å². The van der Waals surface area contributed by atoms with E-state index in [1.54, 1.807) is 13.3 Å². The molecule has 23 heavy (non-hydrogen) atoms. The molecule has 3 rings (SSSR count). The zero-order chi connectivity index (χ0) is 16.1. The molecule has 0 aromatic carbocycles. The minimum Gasteiger partial charge on any atom is -0.375 e. The maximum absolute atomic E-state index is 11.9. The number of morpholine rings is 1. The van der Waals surface area contributed by atoms with E-state index < -0.39 is 0 Å². The molecule has 0 atom stereocenters. The van der Waals surface area contributed by atoms with Gasteiger partial charge in [-0.15, -0.1) is 0 Å². The van der Waals surface area contributed by atoms with Gasteiger partial charge in [-0.05, 0) is 24.5 Å². The quantitative estimate of drug-likeness (QED) is 0.826. The fourth-order valence-electron chi connectivity index (χ4n) is 3.49. The minimum absolute atomic E-state index is 0.0744. The molecule has 2 fully saturated rings. The Bertz CT molecular complexity index is 515. The van der Waals surface area contributed by atoms with Crippen LogP contribution in [0, 0.1) is 0 Å². The van der Waals surface area contributed by atoms with Gasteiger partial charge in [0.2, 0.25) is 5.91 Å². The van der Waals surface area contributed by atoms with Crippen LogP contribution in [0.5, 0.6) is 0 Å². The number of hydrogen-bond donors (Lipinski definition) is 0. The van der Waals surface area contributed by atoms with Crippen molar-refractivity contribution in [1.29, 1.82) is 0 Å². The van der Waals surface area contributed by atoms with E-state index >= 15 is 0 Å². The first-order valence-electron chi connectivity index (χ1n) is 8.23. The predicted molar refractivity (Wildman–Crippen MR) is 85.9 cm³/mol. The average molecular weight is 319 g/mol. The zero-order valence-electron chi connectivity index (χ0n) is 13.7. The Morgan fingerprint density at radius 3 is 2.91 bits per heavy atom. The Morgan fingerprint density at radius 1 is 1.39 bits per heavy atom. The van der Waals surface area contributed by atoms with Gasteiger partial charge in [0, 0.05) is 52.2 Å². The molecule has 0 aliphatic carbocycles. The average Bonchev–Trinajstić information content (AvgIpc) is 2.57. The topological polar surface area (TPSA) is 54.9 Å². The lowest BCUT2D eigenvalue weighted by Gasteiger charge is -2.47. The number of piperidine rings is 1. The highest BCUT2D eigenvalue weighted by molar-refractivity contribution is 5.77. The summed E-state index contributed by atoms with van der Waals surface area (Å²) in [6.45, 7) is 5.21. The lowest BCUT2D eigenvalue weighted by Crippen LogP contribution is -2.57. The summed E-state index contributed by atoms with van der Waals surface area (Å²) in [5, 5.41) is 0. The second kappa shape index (κ2) is 7.38. The normalized spacial score (nSPS) is 21.5. The number of carbonyl (C=O) groups excluding carboxylic acids is 1. The molecule has 1 spiro atoms. The van der Waals surface area contributed by atoms with Gasteiger partial charge >= 0.3 is 0 Å². The number of pyridine rings is 1. The van der Waals surface area contributed by atoms with Gasteiger partial charge in [0.1, 0.15) is 6.61 Å². The Morgan fingerprint density at radius 2 is 2.22 bits per heavy atom. The van der Waals surface area contributed by atoms with E-state index in [4.69, 9.17) is 9.47 Å².